The van der Waals surface area contributed by atoms with E-state index in [0.29, 0.717) is 42.3 Å². The molecule has 12 rings (SSSR count). The van der Waals surface area contributed by atoms with Crippen molar-refractivity contribution in [2.75, 3.05) is 0 Å². The van der Waals surface area contributed by atoms with Gasteiger partial charge in [0.25, 0.3) is 0 Å². The van der Waals surface area contributed by atoms with Crippen molar-refractivity contribution in [3.05, 3.63) is 146 Å². The summed E-state index contributed by atoms with van der Waals surface area (Å²) in [5.41, 5.74) is 7.22. The highest BCUT2D eigenvalue weighted by Gasteiger charge is 2.79. The Morgan fingerprint density at radius 1 is 0.257 bits per heavy atom. The van der Waals surface area contributed by atoms with E-state index < -0.39 is 86.6 Å². The molecule has 6 aromatic carbocycles. The lowest BCUT2D eigenvalue weighted by Crippen LogP contribution is -2.84. The zero-order valence-electron chi connectivity index (χ0n) is 64.3. The summed E-state index contributed by atoms with van der Waals surface area (Å²) in [4.78, 5) is 0. The highest BCUT2D eigenvalue weighted by Crippen LogP contribution is 2.53. The van der Waals surface area contributed by atoms with Crippen LogP contribution in [0.3, 0.4) is 0 Å². The van der Waals surface area contributed by atoms with Crippen LogP contribution in [0.4, 0.5) is 0 Å². The number of aromatic nitrogens is 3. The van der Waals surface area contributed by atoms with Crippen molar-refractivity contribution in [1.29, 1.82) is 0 Å². The van der Waals surface area contributed by atoms with Gasteiger partial charge in [-0.15, -0.1) is 0 Å². The smallest absolute Gasteiger partial charge is 0.416 e. The molecule has 3 aromatic heterocycles. The zero-order valence-corrected chi connectivity index (χ0v) is 74.3. The fourth-order valence-corrected chi connectivity index (χ4v) is 72.3. The molecule has 25 heteroatoms. The number of hydrogen-bond donors (Lipinski definition) is 0. The van der Waals surface area contributed by atoms with Crippen LogP contribution in [-0.2, 0) is 69.0 Å². The number of nitrogens with zero attached hydrogens (tertiary/aromatic N) is 3. The van der Waals surface area contributed by atoms with E-state index in [-0.39, 0.29) is 41.4 Å². The summed E-state index contributed by atoms with van der Waals surface area (Å²) in [6.45, 7) is 47.9. The van der Waals surface area contributed by atoms with Gasteiger partial charge in [-0.3, -0.25) is 0 Å². The maximum atomic E-state index is 8.68. The fraction of sp³-hybridized carbons (Fsp3) is 0.526. The molecule has 101 heavy (non-hydrogen) atoms. The molecule has 548 valence electrons. The highest BCUT2D eigenvalue weighted by molar-refractivity contribution is 7.01. The average Bonchev–Trinajstić information content (AvgIpc) is 1.51. The Balaban J connectivity index is 1.08. The van der Waals surface area contributed by atoms with Crippen molar-refractivity contribution in [3.63, 3.8) is 0 Å². The zero-order chi connectivity index (χ0) is 72.3. The van der Waals surface area contributed by atoms with Crippen molar-refractivity contribution in [1.82, 2.24) is 13.7 Å². The summed E-state index contributed by atoms with van der Waals surface area (Å²) in [6, 6.07) is 58.0. The van der Waals surface area contributed by atoms with Crippen molar-refractivity contribution in [2.24, 2.45) is 41.4 Å². The first-order chi connectivity index (χ1) is 47.6. The summed E-state index contributed by atoms with van der Waals surface area (Å²) in [5.74, 6) is 0.114. The predicted octanol–water partition coefficient (Wildman–Crippen LogP) is 21.4. The van der Waals surface area contributed by atoms with Crippen molar-refractivity contribution in [2.45, 2.75) is 216 Å². The number of para-hydroxylation sites is 6. The lowest BCUT2D eigenvalue weighted by atomic mass is 10.2. The van der Waals surface area contributed by atoms with Gasteiger partial charge in [-0.25, -0.2) is 0 Å². The Labute approximate surface area is 614 Å². The molecule has 9 aromatic rings. The first kappa shape index (κ1) is 77.0. The molecular weight excluding hydrogens is 1430 g/mol. The maximum absolute atomic E-state index is 8.68. The van der Waals surface area contributed by atoms with E-state index in [1.54, 1.807) is 0 Å². The van der Waals surface area contributed by atoms with E-state index in [1.165, 1.54) is 65.4 Å². The van der Waals surface area contributed by atoms with E-state index in [1.807, 2.05) is 0 Å². The van der Waals surface area contributed by atoms with Crippen LogP contribution < -0.4 is 0 Å². The first-order valence-electron chi connectivity index (χ1n) is 37.9. The van der Waals surface area contributed by atoms with Gasteiger partial charge in [-0.1, -0.05) is 206 Å². The maximum Gasteiger partial charge on any atom is 0.479 e. The third-order valence-corrected chi connectivity index (χ3v) is 65.8. The fourth-order valence-electron chi connectivity index (χ4n) is 16.2. The van der Waals surface area contributed by atoms with Gasteiger partial charge in [-0.05, 0) is 135 Å². The molecule has 0 unspecified atom stereocenters. The number of aryl methyl sites for hydroxylation is 3. The van der Waals surface area contributed by atoms with Gasteiger partial charge in [0.05, 0.1) is 0 Å². The number of fused-ring (bicyclic) bond motifs is 12. The topological polar surface area (TPSA) is 126 Å². The van der Waals surface area contributed by atoms with Gasteiger partial charge in [0.2, 0.25) is 0 Å². The molecule has 3 aliphatic rings. The Kier molecular flexibility index (Phi) is 22.8. The quantitative estimate of drug-likeness (QED) is 0.0414. The molecular formula is C76H117N3O12Si10. The normalized spacial score (nSPS) is 25.8. The summed E-state index contributed by atoms with van der Waals surface area (Å²) < 4.78 is 111. The molecule has 0 amide bonds. The Morgan fingerprint density at radius 3 is 0.604 bits per heavy atom. The third kappa shape index (κ3) is 17.2. The summed E-state index contributed by atoms with van der Waals surface area (Å²) in [6.07, 6.45) is 0. The molecule has 0 spiro atoms. The Bertz CT molecular complexity index is 3760. The van der Waals surface area contributed by atoms with Crippen LogP contribution in [0.25, 0.3) is 65.4 Å². The molecule has 15 nitrogen and oxygen atoms in total. The molecule has 0 atom stereocenters. The van der Waals surface area contributed by atoms with Crippen LogP contribution in [0.1, 0.15) is 96.9 Å². The minimum atomic E-state index is -4.38. The van der Waals surface area contributed by atoms with Crippen molar-refractivity contribution >= 4 is 152 Å². The summed E-state index contributed by atoms with van der Waals surface area (Å²) in [5, 5.41) is 7.45. The molecule has 0 saturated carbocycles. The minimum absolute atomic E-state index is 0.00818. The lowest BCUT2D eigenvalue weighted by molar-refractivity contribution is 0.00638. The van der Waals surface area contributed by atoms with Gasteiger partial charge in [-0.2, -0.15) is 0 Å². The highest BCUT2D eigenvalue weighted by atomic mass is 28.6. The molecule has 0 N–H and O–H groups in total. The lowest BCUT2D eigenvalue weighted by Gasteiger charge is -2.60. The Hall–Kier alpha value is -3.59. The van der Waals surface area contributed by atoms with Gasteiger partial charge in [0.1, 0.15) is 0 Å². The molecule has 0 aliphatic carbocycles. The second-order valence-electron chi connectivity index (χ2n) is 34.3. The second-order valence-corrected chi connectivity index (χ2v) is 68.6. The van der Waals surface area contributed by atoms with E-state index in [4.69, 9.17) is 49.4 Å². The van der Waals surface area contributed by atoms with Crippen molar-refractivity contribution < 1.29 is 49.4 Å². The Morgan fingerprint density at radius 2 is 0.426 bits per heavy atom. The van der Waals surface area contributed by atoms with E-state index >= 15 is 0 Å². The van der Waals surface area contributed by atoms with E-state index in [2.05, 4.69) is 296 Å². The molecule has 3 saturated heterocycles. The minimum Gasteiger partial charge on any atom is -0.416 e. The van der Waals surface area contributed by atoms with Crippen LogP contribution >= 0.6 is 0 Å². The second kappa shape index (κ2) is 29.9. The van der Waals surface area contributed by atoms with Crippen LogP contribution in [0.5, 0.6) is 0 Å². The largest absolute Gasteiger partial charge is 0.479 e. The number of benzene rings is 6. The summed E-state index contributed by atoms with van der Waals surface area (Å²) >= 11 is 0. The van der Waals surface area contributed by atoms with Crippen LogP contribution in [0, 0.1) is 41.4 Å². The molecule has 4 bridgehead atoms. The molecule has 3 fully saturated rings. The van der Waals surface area contributed by atoms with Crippen LogP contribution in [0.2, 0.25) is 99.7 Å². The standard InChI is InChI=1S/C76H117N3O12Si10/c1-58(2)51-95(80-92(15,16)48-45-77-71-39-27-21-33-65(71)66-34-22-28-40-72(66)77)83-98(54-61(7)8)85-96(52-59(3)4,81-93(17,18)49-46-78-73-41-29-23-35-67(73)68-36-24-30-42-74(68)78)87-100(56-63(11)12)88-97(53-60(5)6,86-99(84-95,55-62(9)10)90-101(89-98,91-100)57-64(13)14)82-94(19,20)50-47-79-75-43-31-25-37-69(75)70-38-26-32-44-76(70)79/h21-44,58-64H,45-57H2,1-20H3. The van der Waals surface area contributed by atoms with Gasteiger partial charge in [0.15, 0.2) is 25.0 Å². The van der Waals surface area contributed by atoms with Gasteiger partial charge in [0, 0.05) is 127 Å². The number of hydrogen-bond acceptors (Lipinski definition) is 12. The molecule has 6 heterocycles. The monoisotopic (exact) mass is 1540 g/mol. The van der Waals surface area contributed by atoms with Gasteiger partial charge >= 0.3 is 61.6 Å². The van der Waals surface area contributed by atoms with E-state index in [0.717, 1.165) is 37.8 Å². The average molecular weight is 1550 g/mol. The van der Waals surface area contributed by atoms with Gasteiger partial charge < -0.3 is 63.1 Å². The summed E-state index contributed by atoms with van der Waals surface area (Å²) in [7, 11) is -39.4. The predicted molar refractivity (Wildman–Crippen MR) is 436 cm³/mol. The molecule has 0 radical (unpaired) electrons. The SMILES string of the molecule is CC(C)C[Si]1(O[Si](C)(C)CCn2c3ccccc3c3ccccc32)O[Si]2(CC(C)C)O[Si](CC(C)C)(O[Si](C)(C)CCn3c4ccccc4c4ccccc43)O[Si]3(CC(C)C)O[Si](CC(C)C)(O[Si](C)(C)CCn4c5ccccc5c5ccccc54)O[Si](CC(C)C)(O1)O[Si](CC(C)C)(O2)O3. The van der Waals surface area contributed by atoms with E-state index in [9.17, 15) is 0 Å². The molecule has 3 aliphatic heterocycles. The van der Waals surface area contributed by atoms with Crippen molar-refractivity contribution in [3.8, 4) is 0 Å². The third-order valence-electron chi connectivity index (χ3n) is 19.6. The van der Waals surface area contributed by atoms with Crippen LogP contribution in [0.15, 0.2) is 146 Å². The number of rotatable bonds is 29. The van der Waals surface area contributed by atoms with Crippen LogP contribution in [-0.4, -0.2) is 100 Å². The first-order valence-corrected chi connectivity index (χ1v) is 60.7.